The number of hydrogen-bond acceptors (Lipinski definition) is 0. The molecule has 0 heteroatoms. The van der Waals surface area contributed by atoms with Gasteiger partial charge in [-0.1, -0.05) is 6.92 Å². The highest BCUT2D eigenvalue weighted by molar-refractivity contribution is 4.99. The van der Waals surface area contributed by atoms with Gasteiger partial charge < -0.3 is 0 Å². The molecule has 1 atom stereocenters. The summed E-state index contributed by atoms with van der Waals surface area (Å²) in [7, 11) is 0. The zero-order valence-electron chi connectivity index (χ0n) is 4.28. The van der Waals surface area contributed by atoms with Gasteiger partial charge in [-0.25, -0.2) is 0 Å². The average molecular weight is 81.1 g/mol. The van der Waals surface area contributed by atoms with Gasteiger partial charge in [0.1, 0.15) is 0 Å². The van der Waals surface area contributed by atoms with E-state index < -0.39 is 0 Å². The summed E-state index contributed by atoms with van der Waals surface area (Å²) >= 11 is 0. The molecule has 6 heavy (non-hydrogen) atoms. The molecule has 0 bridgehead atoms. The Morgan fingerprint density at radius 1 is 1.67 bits per heavy atom. The lowest BCUT2D eigenvalue weighted by Gasteiger charge is -1.81. The van der Waals surface area contributed by atoms with Crippen molar-refractivity contribution < 1.29 is 0 Å². The topological polar surface area (TPSA) is 0 Å². The molecule has 0 unspecified atom stereocenters. The first-order valence-electron chi connectivity index (χ1n) is 2.02. The van der Waals surface area contributed by atoms with Gasteiger partial charge in [0.25, 0.3) is 0 Å². The summed E-state index contributed by atoms with van der Waals surface area (Å²) in [5.41, 5.74) is 0. The lowest BCUT2D eigenvalue weighted by Crippen LogP contribution is -1.75. The molecule has 0 aliphatic heterocycles. The van der Waals surface area contributed by atoms with Gasteiger partial charge in [-0.15, -0.1) is 11.8 Å². The molecule has 0 spiro atoms. The minimum atomic E-state index is 0.287. The molecule has 33 valence electrons. The molecule has 0 nitrogen and oxygen atoms in total. The molecule has 0 aliphatic carbocycles. The van der Waals surface area contributed by atoms with Crippen molar-refractivity contribution in [1.29, 1.82) is 0 Å². The van der Waals surface area contributed by atoms with Crippen LogP contribution in [0.3, 0.4) is 0 Å². The van der Waals surface area contributed by atoms with Gasteiger partial charge in [0, 0.05) is 5.92 Å². The molecule has 0 aromatic carbocycles. The van der Waals surface area contributed by atoms with E-state index in [0.29, 0.717) is 0 Å². The molecule has 0 saturated heterocycles. The van der Waals surface area contributed by atoms with Crippen molar-refractivity contribution in [3.63, 3.8) is 0 Å². The van der Waals surface area contributed by atoms with Crippen molar-refractivity contribution in [3.8, 4) is 11.8 Å². The molecule has 0 rings (SSSR count). The summed E-state index contributed by atoms with van der Waals surface area (Å²) < 4.78 is 0. The molecule has 0 saturated carbocycles. The van der Waals surface area contributed by atoms with E-state index in [4.69, 9.17) is 0 Å². The normalized spacial score (nSPS) is 7.33. The van der Waals surface area contributed by atoms with Crippen LogP contribution >= 0.6 is 0 Å². The number of rotatable bonds is 0. The second kappa shape index (κ2) is 2.78. The summed E-state index contributed by atoms with van der Waals surface area (Å²) in [6.45, 7) is 7.44. The molecule has 0 aromatic rings. The highest BCUT2D eigenvalue weighted by atomic mass is 13.8. The smallest absolute Gasteiger partial charge is 0.0174 e. The molecule has 0 aromatic heterocycles. The van der Waals surface area contributed by atoms with Gasteiger partial charge in [0.15, 0.2) is 0 Å². The van der Waals surface area contributed by atoms with Crippen LogP contribution in [0.2, 0.25) is 0 Å². The van der Waals surface area contributed by atoms with E-state index in [1.165, 1.54) is 0 Å². The fourth-order valence-corrected chi connectivity index (χ4v) is 0.246. The Bertz CT molecular complexity index is 69.8. The maximum atomic E-state index is 3.65. The van der Waals surface area contributed by atoms with E-state index in [-0.39, 0.29) is 5.92 Å². The van der Waals surface area contributed by atoms with Crippen LogP contribution in [-0.4, -0.2) is 0 Å². The van der Waals surface area contributed by atoms with Crippen molar-refractivity contribution in [3.05, 3.63) is 6.92 Å². The van der Waals surface area contributed by atoms with Crippen LogP contribution in [0.25, 0.3) is 0 Å². The monoisotopic (exact) mass is 81.1 g/mol. The fraction of sp³-hybridized carbons (Fsp3) is 0.500. The minimum Gasteiger partial charge on any atom is -0.106 e. The first-order chi connectivity index (χ1) is 2.77. The van der Waals surface area contributed by atoms with Crippen LogP contribution in [0.1, 0.15) is 13.8 Å². The third kappa shape index (κ3) is 3.56. The quantitative estimate of drug-likeness (QED) is 0.387. The fourth-order valence-electron chi connectivity index (χ4n) is 0.246. The summed E-state index contributed by atoms with van der Waals surface area (Å²) in [5.74, 6) is 5.89. The van der Waals surface area contributed by atoms with Crippen molar-refractivity contribution in [2.75, 3.05) is 0 Å². The van der Waals surface area contributed by atoms with Crippen LogP contribution < -0.4 is 0 Å². The summed E-state index contributed by atoms with van der Waals surface area (Å²) in [4.78, 5) is 0. The molecule has 0 N–H and O–H groups in total. The van der Waals surface area contributed by atoms with Gasteiger partial charge in [-0.3, -0.25) is 0 Å². The van der Waals surface area contributed by atoms with Crippen LogP contribution in [0.15, 0.2) is 0 Å². The largest absolute Gasteiger partial charge is 0.106 e. The first-order valence-corrected chi connectivity index (χ1v) is 2.02. The van der Waals surface area contributed by atoms with Gasteiger partial charge in [-0.05, 0) is 13.8 Å². The molecule has 0 aliphatic rings. The maximum Gasteiger partial charge on any atom is 0.0174 e. The Morgan fingerprint density at radius 3 is 2.17 bits per heavy atom. The third-order valence-corrected chi connectivity index (χ3v) is 0.391. The molecular weight excluding hydrogens is 72.1 g/mol. The van der Waals surface area contributed by atoms with E-state index in [1.54, 1.807) is 0 Å². The predicted molar refractivity (Wildman–Crippen MR) is 28.0 cm³/mol. The van der Waals surface area contributed by atoms with E-state index >= 15 is 0 Å². The van der Waals surface area contributed by atoms with Gasteiger partial charge >= 0.3 is 0 Å². The Morgan fingerprint density at radius 2 is 2.17 bits per heavy atom. The SMILES string of the molecule is [CH2][C@@H](C)C#CC. The van der Waals surface area contributed by atoms with Crippen molar-refractivity contribution >= 4 is 0 Å². The van der Waals surface area contributed by atoms with Gasteiger partial charge in [0.2, 0.25) is 0 Å². The highest BCUT2D eigenvalue weighted by Crippen LogP contribution is 1.82. The zero-order valence-corrected chi connectivity index (χ0v) is 4.28. The Hall–Kier alpha value is -0.440. The standard InChI is InChI=1S/C6H9/c1-4-5-6(2)3/h6H,2H2,1,3H3/t6-/m0/s1. The lowest BCUT2D eigenvalue weighted by molar-refractivity contribution is 0.976. The molecule has 0 heterocycles. The second-order valence-corrected chi connectivity index (χ2v) is 1.30. The second-order valence-electron chi connectivity index (χ2n) is 1.30. The minimum absolute atomic E-state index is 0.287. The van der Waals surface area contributed by atoms with E-state index in [2.05, 4.69) is 18.8 Å². The Labute approximate surface area is 39.6 Å². The van der Waals surface area contributed by atoms with Crippen LogP contribution in [0, 0.1) is 24.7 Å². The molecule has 1 radical (unpaired) electrons. The summed E-state index contributed by atoms with van der Waals surface area (Å²) in [6, 6.07) is 0. The van der Waals surface area contributed by atoms with Crippen LogP contribution in [0.4, 0.5) is 0 Å². The predicted octanol–water partition coefficient (Wildman–Crippen LogP) is 1.48. The van der Waals surface area contributed by atoms with E-state index in [1.807, 2.05) is 13.8 Å². The maximum absolute atomic E-state index is 3.65. The molecular formula is C6H9. The third-order valence-electron chi connectivity index (χ3n) is 0.391. The summed E-state index contributed by atoms with van der Waals surface area (Å²) in [6.07, 6.45) is 0. The van der Waals surface area contributed by atoms with Gasteiger partial charge in [0.05, 0.1) is 0 Å². The molecule has 0 fully saturated rings. The van der Waals surface area contributed by atoms with Gasteiger partial charge in [-0.2, -0.15) is 0 Å². The zero-order chi connectivity index (χ0) is 4.99. The Kier molecular flexibility index (Phi) is 2.58. The average Bonchev–Trinajstić information content (AvgIpc) is 1.35. The van der Waals surface area contributed by atoms with Crippen molar-refractivity contribution in [2.45, 2.75) is 13.8 Å². The Balaban J connectivity index is 3.20. The highest BCUT2D eigenvalue weighted by Gasteiger charge is 1.76. The first kappa shape index (κ1) is 5.56. The summed E-state index contributed by atoms with van der Waals surface area (Å²) in [5, 5.41) is 0. The van der Waals surface area contributed by atoms with E-state index in [9.17, 15) is 0 Å². The van der Waals surface area contributed by atoms with Crippen molar-refractivity contribution in [1.82, 2.24) is 0 Å². The van der Waals surface area contributed by atoms with E-state index in [0.717, 1.165) is 0 Å². The van der Waals surface area contributed by atoms with Crippen molar-refractivity contribution in [2.24, 2.45) is 5.92 Å². The molecule has 0 amide bonds. The van der Waals surface area contributed by atoms with Crippen LogP contribution in [0.5, 0.6) is 0 Å². The lowest BCUT2D eigenvalue weighted by atomic mass is 10.2. The van der Waals surface area contributed by atoms with Crippen LogP contribution in [-0.2, 0) is 0 Å². The number of hydrogen-bond donors (Lipinski definition) is 0.